The van der Waals surface area contributed by atoms with Crippen LogP contribution in [-0.4, -0.2) is 20.5 Å². The maximum absolute atomic E-state index is 13.2. The Morgan fingerprint density at radius 2 is 1.87 bits per heavy atom. The van der Waals surface area contributed by atoms with Gasteiger partial charge < -0.3 is 5.32 Å². The SMILES string of the molecule is CCc1ccccc1Nc1nn(-c2nc3ccccc3s2)c2c1C(=O)CC(C)(C)C2. The summed E-state index contributed by atoms with van der Waals surface area (Å²) < 4.78 is 3.00. The van der Waals surface area contributed by atoms with Crippen molar-refractivity contribution in [3.63, 3.8) is 0 Å². The molecule has 0 amide bonds. The minimum atomic E-state index is -0.100. The zero-order chi connectivity index (χ0) is 20.9. The molecule has 2 heterocycles. The number of aryl methyl sites for hydroxylation is 1. The molecule has 0 radical (unpaired) electrons. The number of Topliss-reactive ketones (excluding diaryl/α,β-unsaturated/α-hetero) is 1. The van der Waals surface area contributed by atoms with E-state index in [-0.39, 0.29) is 11.2 Å². The van der Waals surface area contributed by atoms with Crippen LogP contribution in [0, 0.1) is 5.41 Å². The predicted molar refractivity (Wildman–Crippen MR) is 122 cm³/mol. The summed E-state index contributed by atoms with van der Waals surface area (Å²) in [6.45, 7) is 6.41. The van der Waals surface area contributed by atoms with Gasteiger partial charge in [0.1, 0.15) is 0 Å². The zero-order valence-electron chi connectivity index (χ0n) is 17.4. The number of anilines is 2. The summed E-state index contributed by atoms with van der Waals surface area (Å²) in [6.07, 6.45) is 2.22. The summed E-state index contributed by atoms with van der Waals surface area (Å²) in [5, 5.41) is 9.13. The Hall–Kier alpha value is -2.99. The highest BCUT2D eigenvalue weighted by Crippen LogP contribution is 2.40. The van der Waals surface area contributed by atoms with Gasteiger partial charge in [-0.1, -0.05) is 62.4 Å². The molecule has 30 heavy (non-hydrogen) atoms. The number of hydrogen-bond acceptors (Lipinski definition) is 5. The fourth-order valence-corrected chi connectivity index (χ4v) is 5.17. The van der Waals surface area contributed by atoms with E-state index in [9.17, 15) is 4.79 Å². The summed E-state index contributed by atoms with van der Waals surface area (Å²) in [5.74, 6) is 0.774. The van der Waals surface area contributed by atoms with Gasteiger partial charge in [0.15, 0.2) is 11.6 Å². The number of carbonyl (C=O) groups is 1. The van der Waals surface area contributed by atoms with Crippen LogP contribution in [0.3, 0.4) is 0 Å². The lowest BCUT2D eigenvalue weighted by atomic mass is 9.76. The molecule has 0 aliphatic heterocycles. The molecule has 5 nitrogen and oxygen atoms in total. The average Bonchev–Trinajstić information content (AvgIpc) is 3.29. The highest BCUT2D eigenvalue weighted by molar-refractivity contribution is 7.20. The number of ketones is 1. The van der Waals surface area contributed by atoms with Gasteiger partial charge >= 0.3 is 0 Å². The Morgan fingerprint density at radius 1 is 1.10 bits per heavy atom. The number of nitrogens with zero attached hydrogens (tertiary/aromatic N) is 3. The molecule has 5 rings (SSSR count). The van der Waals surface area contributed by atoms with Crippen molar-refractivity contribution in [2.24, 2.45) is 5.41 Å². The monoisotopic (exact) mass is 416 g/mol. The highest BCUT2D eigenvalue weighted by atomic mass is 32.1. The first-order valence-electron chi connectivity index (χ1n) is 10.3. The first kappa shape index (κ1) is 19.0. The van der Waals surface area contributed by atoms with E-state index in [0.717, 1.165) is 39.6 Å². The molecule has 1 aliphatic carbocycles. The van der Waals surface area contributed by atoms with Crippen molar-refractivity contribution in [2.45, 2.75) is 40.0 Å². The fourth-order valence-electron chi connectivity index (χ4n) is 4.22. The van der Waals surface area contributed by atoms with Gasteiger partial charge in [-0.05, 0) is 42.0 Å². The largest absolute Gasteiger partial charge is 0.338 e. The number of hydrogen-bond donors (Lipinski definition) is 1. The van der Waals surface area contributed by atoms with Crippen LogP contribution >= 0.6 is 11.3 Å². The molecular weight excluding hydrogens is 392 g/mol. The molecule has 6 heteroatoms. The molecule has 0 saturated heterocycles. The topological polar surface area (TPSA) is 59.8 Å². The fraction of sp³-hybridized carbons (Fsp3) is 0.292. The van der Waals surface area contributed by atoms with Gasteiger partial charge in [0.2, 0.25) is 5.13 Å². The molecule has 152 valence electrons. The molecule has 1 N–H and O–H groups in total. The standard InChI is InChI=1S/C24H24N4OS/c1-4-15-9-5-6-10-16(15)25-22-21-18(13-24(2,3)14-19(21)29)28(27-22)23-26-17-11-7-8-12-20(17)30-23/h5-12H,4,13-14H2,1-3H3,(H,25,27). The Balaban J connectivity index is 1.68. The summed E-state index contributed by atoms with van der Waals surface area (Å²) in [6, 6.07) is 16.3. The van der Waals surface area contributed by atoms with Crippen molar-refractivity contribution >= 4 is 38.8 Å². The van der Waals surface area contributed by atoms with Crippen LogP contribution in [0.4, 0.5) is 11.5 Å². The molecule has 2 aromatic carbocycles. The number of fused-ring (bicyclic) bond motifs is 2. The van der Waals surface area contributed by atoms with Gasteiger partial charge in [0.05, 0.1) is 21.5 Å². The average molecular weight is 417 g/mol. The van der Waals surface area contributed by atoms with Crippen LogP contribution in [0.15, 0.2) is 48.5 Å². The zero-order valence-corrected chi connectivity index (χ0v) is 18.2. The molecule has 0 fully saturated rings. The van der Waals surface area contributed by atoms with Gasteiger partial charge in [0, 0.05) is 12.1 Å². The number of thiazole rings is 1. The third kappa shape index (κ3) is 3.21. The molecule has 0 spiro atoms. The van der Waals surface area contributed by atoms with Gasteiger partial charge in [-0.15, -0.1) is 5.10 Å². The minimum absolute atomic E-state index is 0.100. The molecule has 0 atom stereocenters. The van der Waals surface area contributed by atoms with E-state index in [1.165, 1.54) is 5.56 Å². The third-order valence-electron chi connectivity index (χ3n) is 5.66. The van der Waals surface area contributed by atoms with E-state index in [0.29, 0.717) is 17.8 Å². The van der Waals surface area contributed by atoms with Crippen molar-refractivity contribution in [1.29, 1.82) is 0 Å². The van der Waals surface area contributed by atoms with Gasteiger partial charge in [0.25, 0.3) is 0 Å². The Labute approximate surface area is 179 Å². The maximum Gasteiger partial charge on any atom is 0.211 e. The van der Waals surface area contributed by atoms with Crippen molar-refractivity contribution in [3.8, 4) is 5.13 Å². The van der Waals surface area contributed by atoms with Crippen molar-refractivity contribution in [2.75, 3.05) is 5.32 Å². The second-order valence-electron chi connectivity index (χ2n) is 8.62. The van der Waals surface area contributed by atoms with Gasteiger partial charge in [-0.2, -0.15) is 0 Å². The van der Waals surface area contributed by atoms with Crippen LogP contribution < -0.4 is 5.32 Å². The van der Waals surface area contributed by atoms with Crippen LogP contribution in [0.25, 0.3) is 15.3 Å². The summed E-state index contributed by atoms with van der Waals surface area (Å²) in [4.78, 5) is 18.0. The third-order valence-corrected chi connectivity index (χ3v) is 6.67. The van der Waals surface area contributed by atoms with Crippen molar-refractivity contribution < 1.29 is 4.79 Å². The number of benzene rings is 2. The predicted octanol–water partition coefficient (Wildman–Crippen LogP) is 5.94. The van der Waals surface area contributed by atoms with E-state index in [2.05, 4.69) is 38.2 Å². The summed E-state index contributed by atoms with van der Waals surface area (Å²) >= 11 is 1.60. The number of aromatic nitrogens is 3. The molecule has 0 saturated carbocycles. The van der Waals surface area contributed by atoms with Crippen molar-refractivity contribution in [1.82, 2.24) is 14.8 Å². The van der Waals surface area contributed by atoms with Gasteiger partial charge in [-0.25, -0.2) is 9.67 Å². The number of rotatable bonds is 4. The molecule has 2 aromatic heterocycles. The minimum Gasteiger partial charge on any atom is -0.338 e. The molecule has 4 aromatic rings. The van der Waals surface area contributed by atoms with Crippen LogP contribution in [0.2, 0.25) is 0 Å². The maximum atomic E-state index is 13.2. The lowest BCUT2D eigenvalue weighted by Crippen LogP contribution is -2.28. The molecule has 0 bridgehead atoms. The van der Waals surface area contributed by atoms with Gasteiger partial charge in [-0.3, -0.25) is 4.79 Å². The smallest absolute Gasteiger partial charge is 0.211 e. The molecule has 0 unspecified atom stereocenters. The van der Waals surface area contributed by atoms with E-state index >= 15 is 0 Å². The quantitative estimate of drug-likeness (QED) is 0.447. The summed E-state index contributed by atoms with van der Waals surface area (Å²) in [7, 11) is 0. The van der Waals surface area contributed by atoms with Crippen LogP contribution in [-0.2, 0) is 12.8 Å². The molecule has 1 aliphatic rings. The normalized spacial score (nSPS) is 15.4. The van der Waals surface area contributed by atoms with E-state index in [4.69, 9.17) is 10.1 Å². The Morgan fingerprint density at radius 3 is 2.67 bits per heavy atom. The van der Waals surface area contributed by atoms with Crippen molar-refractivity contribution in [3.05, 3.63) is 65.4 Å². The summed E-state index contributed by atoms with van der Waals surface area (Å²) in [5.41, 5.74) is 4.70. The number of carbonyl (C=O) groups excluding carboxylic acids is 1. The molecular formula is C24H24N4OS. The second-order valence-corrected chi connectivity index (χ2v) is 9.63. The first-order valence-corrected chi connectivity index (χ1v) is 11.1. The lowest BCUT2D eigenvalue weighted by molar-refractivity contribution is 0.0912. The van der Waals surface area contributed by atoms with E-state index < -0.39 is 0 Å². The van der Waals surface area contributed by atoms with E-state index in [1.807, 2.05) is 41.1 Å². The van der Waals surface area contributed by atoms with E-state index in [1.54, 1.807) is 11.3 Å². The number of para-hydroxylation sites is 2. The highest BCUT2D eigenvalue weighted by Gasteiger charge is 2.37. The lowest BCUT2D eigenvalue weighted by Gasteiger charge is -2.28. The second kappa shape index (κ2) is 7.06. The Bertz CT molecular complexity index is 1230. The van der Waals surface area contributed by atoms with Crippen LogP contribution in [0.1, 0.15) is 48.8 Å². The Kier molecular flexibility index (Phi) is 4.47. The number of nitrogens with one attached hydrogen (secondary N) is 1. The van der Waals surface area contributed by atoms with Crippen LogP contribution in [0.5, 0.6) is 0 Å². The first-order chi connectivity index (χ1) is 14.4.